The van der Waals surface area contributed by atoms with Gasteiger partial charge in [-0.25, -0.2) is 0 Å². The van der Waals surface area contributed by atoms with Crippen molar-refractivity contribution in [3.8, 4) is 0 Å². The number of nitrogens with one attached hydrogen (secondary N) is 2. The quantitative estimate of drug-likeness (QED) is 0.660. The molecule has 0 saturated carbocycles. The van der Waals surface area contributed by atoms with Gasteiger partial charge in [0.15, 0.2) is 0 Å². The smallest absolute Gasteiger partial charge is 0.271 e. The summed E-state index contributed by atoms with van der Waals surface area (Å²) in [6.45, 7) is 0.0342. The molecule has 2 N–H and O–H groups in total. The first-order valence-corrected chi connectivity index (χ1v) is 7.21. The molecule has 0 atom stereocenters. The van der Waals surface area contributed by atoms with Crippen molar-refractivity contribution in [3.05, 3.63) is 58.6 Å². The molecule has 0 saturated heterocycles. The number of non-ortho nitro benzene ring substituents is 1. The van der Waals surface area contributed by atoms with Crippen molar-refractivity contribution in [3.63, 3.8) is 0 Å². The van der Waals surface area contributed by atoms with Gasteiger partial charge in [-0.1, -0.05) is 18.2 Å². The zero-order valence-electron chi connectivity index (χ0n) is 12.6. The third-order valence-corrected chi connectivity index (χ3v) is 3.53. The van der Waals surface area contributed by atoms with Crippen molar-refractivity contribution < 1.29 is 14.5 Å². The number of anilines is 3. The van der Waals surface area contributed by atoms with Crippen molar-refractivity contribution in [2.75, 3.05) is 28.6 Å². The second-order valence-corrected chi connectivity index (χ2v) is 5.28. The van der Waals surface area contributed by atoms with Gasteiger partial charge in [-0.2, -0.15) is 0 Å². The number of amides is 2. The summed E-state index contributed by atoms with van der Waals surface area (Å²) >= 11 is 0. The normalized spacial score (nSPS) is 13.0. The van der Waals surface area contributed by atoms with Gasteiger partial charge in [0.2, 0.25) is 11.8 Å². The van der Waals surface area contributed by atoms with Crippen LogP contribution in [0.15, 0.2) is 48.5 Å². The number of nitro groups is 1. The van der Waals surface area contributed by atoms with Crippen molar-refractivity contribution >= 4 is 34.6 Å². The number of nitro benzene ring substituents is 1. The summed E-state index contributed by atoms with van der Waals surface area (Å²) in [6.07, 6.45) is 0. The highest BCUT2D eigenvalue weighted by Gasteiger charge is 2.23. The van der Waals surface area contributed by atoms with E-state index < -0.39 is 4.92 Å². The summed E-state index contributed by atoms with van der Waals surface area (Å²) in [7, 11) is 0. The molecule has 0 fully saturated rings. The van der Waals surface area contributed by atoms with E-state index >= 15 is 0 Å². The number of carbonyl (C=O) groups is 2. The highest BCUT2D eigenvalue weighted by molar-refractivity contribution is 6.03. The predicted octanol–water partition coefficient (Wildman–Crippen LogP) is 1.99. The van der Waals surface area contributed by atoms with Gasteiger partial charge in [0, 0.05) is 17.8 Å². The maximum absolute atomic E-state index is 12.2. The number of fused-ring (bicyclic) bond motifs is 1. The average molecular weight is 326 g/mol. The van der Waals surface area contributed by atoms with Crippen LogP contribution >= 0.6 is 0 Å². The van der Waals surface area contributed by atoms with E-state index in [1.807, 2.05) is 12.1 Å². The Balaban J connectivity index is 1.72. The average Bonchev–Trinajstić information content (AvgIpc) is 2.54. The molecular weight excluding hydrogens is 312 g/mol. The molecule has 0 bridgehead atoms. The molecule has 1 aliphatic heterocycles. The van der Waals surface area contributed by atoms with Crippen LogP contribution in [0.1, 0.15) is 0 Å². The highest BCUT2D eigenvalue weighted by Crippen LogP contribution is 2.28. The monoisotopic (exact) mass is 326 g/mol. The van der Waals surface area contributed by atoms with Crippen LogP contribution in [0, 0.1) is 10.1 Å². The molecule has 0 unspecified atom stereocenters. The topological polar surface area (TPSA) is 105 Å². The summed E-state index contributed by atoms with van der Waals surface area (Å²) < 4.78 is 0. The zero-order valence-corrected chi connectivity index (χ0v) is 12.6. The van der Waals surface area contributed by atoms with Crippen molar-refractivity contribution in [2.24, 2.45) is 0 Å². The molecule has 0 spiro atoms. The van der Waals surface area contributed by atoms with Crippen LogP contribution in [-0.2, 0) is 9.59 Å². The van der Waals surface area contributed by atoms with Crippen LogP contribution in [0.4, 0.5) is 22.7 Å². The Bertz CT molecular complexity index is 821. The molecule has 2 aromatic carbocycles. The fraction of sp³-hybridized carbons (Fsp3) is 0.125. The van der Waals surface area contributed by atoms with Gasteiger partial charge in [-0.3, -0.25) is 19.7 Å². The number of hydrogen-bond acceptors (Lipinski definition) is 5. The van der Waals surface area contributed by atoms with Gasteiger partial charge >= 0.3 is 0 Å². The Kier molecular flexibility index (Phi) is 4.11. The molecular formula is C16H14N4O4. The first-order chi connectivity index (χ1) is 11.5. The van der Waals surface area contributed by atoms with Crippen LogP contribution in [0.5, 0.6) is 0 Å². The van der Waals surface area contributed by atoms with Gasteiger partial charge in [-0.05, 0) is 18.2 Å². The van der Waals surface area contributed by atoms with E-state index in [2.05, 4.69) is 10.6 Å². The Morgan fingerprint density at radius 1 is 1.25 bits per heavy atom. The predicted molar refractivity (Wildman–Crippen MR) is 89.0 cm³/mol. The van der Waals surface area contributed by atoms with E-state index in [0.717, 1.165) is 5.69 Å². The molecule has 0 aliphatic carbocycles. The molecule has 8 nitrogen and oxygen atoms in total. The van der Waals surface area contributed by atoms with E-state index in [9.17, 15) is 19.7 Å². The lowest BCUT2D eigenvalue weighted by Gasteiger charge is -2.30. The molecule has 2 amide bonds. The first-order valence-electron chi connectivity index (χ1n) is 7.21. The van der Waals surface area contributed by atoms with Crippen molar-refractivity contribution in [1.82, 2.24) is 0 Å². The molecule has 0 radical (unpaired) electrons. The van der Waals surface area contributed by atoms with Crippen molar-refractivity contribution in [2.45, 2.75) is 0 Å². The number of carbonyl (C=O) groups excluding carboxylic acids is 2. The number of nitrogens with zero attached hydrogens (tertiary/aromatic N) is 2. The Labute approximate surface area is 137 Å². The van der Waals surface area contributed by atoms with E-state index in [1.54, 1.807) is 23.1 Å². The molecule has 3 rings (SSSR count). The molecule has 1 heterocycles. The van der Waals surface area contributed by atoms with Gasteiger partial charge in [-0.15, -0.1) is 0 Å². The van der Waals surface area contributed by atoms with Crippen LogP contribution < -0.4 is 15.5 Å². The van der Waals surface area contributed by atoms with Gasteiger partial charge in [0.25, 0.3) is 5.69 Å². The van der Waals surface area contributed by atoms with Gasteiger partial charge < -0.3 is 15.5 Å². The Morgan fingerprint density at radius 3 is 2.83 bits per heavy atom. The molecule has 24 heavy (non-hydrogen) atoms. The Hall–Kier alpha value is -3.42. The standard InChI is InChI=1S/C16H14N4O4/c21-15(17-11-4-3-5-12(8-11)20(23)24)9-19-10-16(22)18-13-6-1-2-7-14(13)19/h1-8H,9-10H2,(H,17,21)(H,18,22). The molecule has 122 valence electrons. The first kappa shape index (κ1) is 15.5. The van der Waals surface area contributed by atoms with Gasteiger partial charge in [0.05, 0.1) is 29.4 Å². The summed E-state index contributed by atoms with van der Waals surface area (Å²) in [6, 6.07) is 12.9. The minimum atomic E-state index is -0.527. The maximum Gasteiger partial charge on any atom is 0.271 e. The second-order valence-electron chi connectivity index (χ2n) is 5.28. The number of para-hydroxylation sites is 2. The van der Waals surface area contributed by atoms with Gasteiger partial charge in [0.1, 0.15) is 0 Å². The zero-order chi connectivity index (χ0) is 17.1. The molecule has 2 aromatic rings. The summed E-state index contributed by atoms with van der Waals surface area (Å²) in [5.41, 5.74) is 1.64. The molecule has 8 heteroatoms. The Morgan fingerprint density at radius 2 is 2.04 bits per heavy atom. The lowest BCUT2D eigenvalue weighted by molar-refractivity contribution is -0.384. The van der Waals surface area contributed by atoms with Crippen molar-refractivity contribution in [1.29, 1.82) is 0 Å². The van der Waals surface area contributed by atoms with E-state index in [-0.39, 0.29) is 30.6 Å². The summed E-state index contributed by atoms with van der Waals surface area (Å²) in [5, 5.41) is 16.1. The van der Waals surface area contributed by atoms with Crippen LogP contribution in [-0.4, -0.2) is 29.8 Å². The molecule has 1 aliphatic rings. The molecule has 0 aromatic heterocycles. The fourth-order valence-electron chi connectivity index (χ4n) is 2.52. The van der Waals surface area contributed by atoms with Crippen LogP contribution in [0.3, 0.4) is 0 Å². The largest absolute Gasteiger partial charge is 0.351 e. The third-order valence-electron chi connectivity index (χ3n) is 3.53. The highest BCUT2D eigenvalue weighted by atomic mass is 16.6. The summed E-state index contributed by atoms with van der Waals surface area (Å²) in [5.74, 6) is -0.558. The summed E-state index contributed by atoms with van der Waals surface area (Å²) in [4.78, 5) is 35.9. The lowest BCUT2D eigenvalue weighted by Crippen LogP contribution is -2.42. The number of benzene rings is 2. The SMILES string of the molecule is O=C(CN1CC(=O)Nc2ccccc21)Nc1cccc([N+](=O)[O-])c1. The maximum atomic E-state index is 12.2. The number of hydrogen-bond donors (Lipinski definition) is 2. The fourth-order valence-corrected chi connectivity index (χ4v) is 2.52. The van der Waals surface area contributed by atoms with E-state index in [0.29, 0.717) is 11.4 Å². The van der Waals surface area contributed by atoms with E-state index in [1.165, 1.54) is 18.2 Å². The number of rotatable bonds is 4. The minimum absolute atomic E-state index is 0.0346. The lowest BCUT2D eigenvalue weighted by atomic mass is 10.2. The third kappa shape index (κ3) is 3.32. The van der Waals surface area contributed by atoms with Crippen LogP contribution in [0.25, 0.3) is 0 Å². The van der Waals surface area contributed by atoms with E-state index in [4.69, 9.17) is 0 Å². The van der Waals surface area contributed by atoms with Crippen LogP contribution in [0.2, 0.25) is 0 Å². The second kappa shape index (κ2) is 6.37. The minimum Gasteiger partial charge on any atom is -0.351 e.